The van der Waals surface area contributed by atoms with Gasteiger partial charge in [-0.2, -0.15) is 0 Å². The average molecular weight is 705 g/mol. The zero-order chi connectivity index (χ0) is 37.2. The van der Waals surface area contributed by atoms with Crippen LogP contribution in [0.5, 0.6) is 0 Å². The number of alkyl carbamates (subject to hydrolysis) is 1. The second kappa shape index (κ2) is 21.6. The highest BCUT2D eigenvalue weighted by Crippen LogP contribution is 2.35. The van der Waals surface area contributed by atoms with Crippen LogP contribution >= 0.6 is 0 Å². The summed E-state index contributed by atoms with van der Waals surface area (Å²) in [5.41, 5.74) is 0.501. The summed E-state index contributed by atoms with van der Waals surface area (Å²) in [4.78, 5) is 86.6. The molecule has 2 aliphatic rings. The van der Waals surface area contributed by atoms with E-state index in [1.54, 1.807) is 6.92 Å². The number of allylic oxidation sites excluding steroid dienone is 3. The van der Waals surface area contributed by atoms with Crippen molar-refractivity contribution in [3.05, 3.63) is 48.1 Å². The number of hydrogen-bond acceptors (Lipinski definition) is 13. The highest BCUT2D eigenvalue weighted by Gasteiger charge is 2.52. The Labute approximate surface area is 291 Å². The van der Waals surface area contributed by atoms with Gasteiger partial charge in [-0.05, 0) is 26.2 Å². The third kappa shape index (κ3) is 15.4. The quantitative estimate of drug-likeness (QED) is 0.0629. The number of aliphatic hydroxyl groups is 2. The van der Waals surface area contributed by atoms with Crippen LogP contribution in [0.15, 0.2) is 48.1 Å². The van der Waals surface area contributed by atoms with Gasteiger partial charge in [0.25, 0.3) is 11.8 Å². The van der Waals surface area contributed by atoms with Gasteiger partial charge in [0.2, 0.25) is 11.8 Å². The van der Waals surface area contributed by atoms with Gasteiger partial charge in [-0.3, -0.25) is 29.3 Å². The molecule has 0 radical (unpaired) electrons. The van der Waals surface area contributed by atoms with E-state index in [0.29, 0.717) is 16.9 Å². The average Bonchev–Trinajstić information content (AvgIpc) is 3.81. The number of imide groups is 4. The molecule has 2 unspecified atom stereocenters. The Morgan fingerprint density at radius 3 is 2.40 bits per heavy atom. The minimum absolute atomic E-state index is 0.00816. The molecule has 0 saturated carbocycles. The number of amides is 5. The van der Waals surface area contributed by atoms with Gasteiger partial charge in [-0.15, -0.1) is 0 Å². The summed E-state index contributed by atoms with van der Waals surface area (Å²) in [6.07, 6.45) is 4.38. The van der Waals surface area contributed by atoms with E-state index in [2.05, 4.69) is 6.92 Å². The molecule has 0 aromatic carbocycles. The van der Waals surface area contributed by atoms with Gasteiger partial charge in [-0.25, -0.2) is 14.5 Å². The molecule has 3 N–H and O–H groups in total. The Bertz CT molecular complexity index is 1350. The molecular weight excluding hydrogens is 656 g/mol. The monoisotopic (exact) mass is 704 g/mol. The highest BCUT2D eigenvalue weighted by molar-refractivity contribution is 6.16. The van der Waals surface area contributed by atoms with Crippen molar-refractivity contribution in [2.75, 3.05) is 6.61 Å². The molecule has 15 nitrogen and oxygen atoms in total. The van der Waals surface area contributed by atoms with Crippen LogP contribution in [-0.4, -0.2) is 100 Å². The zero-order valence-corrected chi connectivity index (χ0v) is 28.9. The fraction of sp³-hybridized carbons (Fsp3) is 0.571. The molecule has 1 saturated heterocycles. The zero-order valence-electron chi connectivity index (χ0n) is 28.9. The summed E-state index contributed by atoms with van der Waals surface area (Å²) in [5, 5.41) is 23.6. The number of carbonyl (C=O) groups excluding carboxylic acids is 7. The van der Waals surface area contributed by atoms with Crippen LogP contribution < -0.4 is 5.32 Å². The number of cyclic esters (lactones) is 1. The minimum atomic E-state index is -1.68. The second-order valence-electron chi connectivity index (χ2n) is 12.0. The maximum Gasteiger partial charge on any atom is 0.414 e. The second-order valence-corrected chi connectivity index (χ2v) is 12.0. The van der Waals surface area contributed by atoms with E-state index in [-0.39, 0.29) is 38.3 Å². The number of nitrogens with zero attached hydrogens (tertiary/aromatic N) is 1. The number of aliphatic hydroxyl groups excluding tert-OH is 2. The lowest BCUT2D eigenvalue weighted by molar-refractivity contribution is -0.157. The Morgan fingerprint density at radius 1 is 1.02 bits per heavy atom. The molecule has 50 heavy (non-hydrogen) atoms. The van der Waals surface area contributed by atoms with E-state index in [0.717, 1.165) is 76.0 Å². The number of carbonyl (C=O) groups is 7. The number of unbranched alkanes of at least 4 members (excludes halogenated alkanes) is 4. The summed E-state index contributed by atoms with van der Waals surface area (Å²) >= 11 is 0. The molecule has 6 atom stereocenters. The molecule has 2 heterocycles. The van der Waals surface area contributed by atoms with Crippen molar-refractivity contribution in [2.24, 2.45) is 0 Å². The summed E-state index contributed by atoms with van der Waals surface area (Å²) in [7, 11) is 0. The van der Waals surface area contributed by atoms with Gasteiger partial charge < -0.3 is 29.2 Å². The van der Waals surface area contributed by atoms with E-state index in [9.17, 15) is 43.8 Å². The van der Waals surface area contributed by atoms with E-state index >= 15 is 0 Å². The Morgan fingerprint density at radius 2 is 1.72 bits per heavy atom. The first-order chi connectivity index (χ1) is 23.7. The number of nitrogens with one attached hydrogen (secondary N) is 1. The number of fused-ring (bicyclic) bond motifs is 1. The third-order valence-corrected chi connectivity index (χ3v) is 7.60. The molecule has 15 heteroatoms. The maximum atomic E-state index is 12.9. The summed E-state index contributed by atoms with van der Waals surface area (Å²) in [5.74, 6) is -4.79. The van der Waals surface area contributed by atoms with Gasteiger partial charge in [-0.1, -0.05) is 62.5 Å². The molecule has 5 amide bonds. The van der Waals surface area contributed by atoms with Crippen LogP contribution in [0.25, 0.3) is 0 Å². The van der Waals surface area contributed by atoms with Gasteiger partial charge in [0.05, 0.1) is 18.8 Å². The van der Waals surface area contributed by atoms with Crippen molar-refractivity contribution in [1.29, 1.82) is 0 Å². The van der Waals surface area contributed by atoms with Gasteiger partial charge in [0.1, 0.15) is 12.2 Å². The molecule has 0 bridgehead atoms. The number of ether oxygens (including phenoxy) is 4. The standard InChI is InChI=1S/C35H48N2O13/c1-5-6-7-8-9-13-30(44)47-20-19-25(40)16-17-26(41)32-34(50-35(46)36-23(3)38)33-27(48-33)18-15-22(2)21-29(43)37(24(4)39)28(42)12-10-11-14-31(45)49-32/h10-12,14,16-17,21,25-27,32-34,40-41H,5-9,13,15,18-20H2,1-4H3,(H,36,38,46)/b12-10+,14-11-,17-16-,22-21-/t25?,26?,27-,32+,33-,34+/m1/s1. The van der Waals surface area contributed by atoms with Gasteiger partial charge in [0.15, 0.2) is 12.2 Å². The molecular formula is C35H48N2O13. The summed E-state index contributed by atoms with van der Waals surface area (Å²) in [6.45, 7) is 5.76. The van der Waals surface area contributed by atoms with Crippen LogP contribution in [0, 0.1) is 0 Å². The smallest absolute Gasteiger partial charge is 0.414 e. The van der Waals surface area contributed by atoms with Crippen LogP contribution in [0.4, 0.5) is 4.79 Å². The number of rotatable bonds is 13. The molecule has 0 spiro atoms. The predicted octanol–water partition coefficient (Wildman–Crippen LogP) is 2.63. The van der Waals surface area contributed by atoms with Crippen LogP contribution in [-0.2, 0) is 47.7 Å². The van der Waals surface area contributed by atoms with Crippen LogP contribution in [0.2, 0.25) is 0 Å². The first kappa shape index (κ1) is 41.7. The van der Waals surface area contributed by atoms with Crippen molar-refractivity contribution in [3.63, 3.8) is 0 Å². The Hall–Kier alpha value is -4.47. The van der Waals surface area contributed by atoms with Crippen molar-refractivity contribution >= 4 is 41.7 Å². The third-order valence-electron chi connectivity index (χ3n) is 7.60. The highest BCUT2D eigenvalue weighted by atomic mass is 16.7. The minimum Gasteiger partial charge on any atom is -0.466 e. The van der Waals surface area contributed by atoms with Gasteiger partial charge >= 0.3 is 18.0 Å². The summed E-state index contributed by atoms with van der Waals surface area (Å²) in [6, 6.07) is 0. The Kier molecular flexibility index (Phi) is 18.0. The van der Waals surface area contributed by atoms with Crippen molar-refractivity contribution < 1.29 is 62.7 Å². The largest absolute Gasteiger partial charge is 0.466 e. The normalized spacial score (nSPS) is 25.2. The molecule has 0 aromatic heterocycles. The van der Waals surface area contributed by atoms with E-state index in [1.807, 2.05) is 5.32 Å². The molecule has 1 fully saturated rings. The summed E-state index contributed by atoms with van der Waals surface area (Å²) < 4.78 is 21.8. The molecule has 276 valence electrons. The lowest BCUT2D eigenvalue weighted by atomic mass is 9.99. The Balaban J connectivity index is 2.26. The fourth-order valence-electron chi connectivity index (χ4n) is 4.97. The van der Waals surface area contributed by atoms with Crippen molar-refractivity contribution in [3.8, 4) is 0 Å². The predicted molar refractivity (Wildman–Crippen MR) is 177 cm³/mol. The maximum absolute atomic E-state index is 12.9. The number of esters is 2. The van der Waals surface area contributed by atoms with Gasteiger partial charge in [0, 0.05) is 44.9 Å². The van der Waals surface area contributed by atoms with Crippen molar-refractivity contribution in [1.82, 2.24) is 10.2 Å². The number of epoxide rings is 1. The lowest BCUT2D eigenvalue weighted by Crippen LogP contribution is -2.48. The van der Waals surface area contributed by atoms with Crippen LogP contribution in [0.3, 0.4) is 0 Å². The SMILES string of the molecule is CCCCCCCC(=O)OCCC(O)/C=C\C(O)[C@@H]1OC(=O)/C=C\C=C\C(=O)N(C(C)=O)C(=O)/C=C(/C)CC[C@H]2O[C@H]2[C@H]1OC(=O)NC(C)=O. The fourth-order valence-corrected chi connectivity index (χ4v) is 4.97. The molecule has 2 rings (SSSR count). The van der Waals surface area contributed by atoms with E-state index in [4.69, 9.17) is 18.9 Å². The van der Waals surface area contributed by atoms with Crippen molar-refractivity contribution in [2.45, 2.75) is 122 Å². The molecule has 0 aliphatic carbocycles. The topological polar surface area (TPSA) is 215 Å². The van der Waals surface area contributed by atoms with Crippen LogP contribution in [0.1, 0.15) is 85.5 Å². The first-order valence-corrected chi connectivity index (χ1v) is 16.7. The number of hydrogen-bond donors (Lipinski definition) is 3. The lowest BCUT2D eigenvalue weighted by Gasteiger charge is -2.28. The first-order valence-electron chi connectivity index (χ1n) is 16.7. The molecule has 0 aromatic rings. The van der Waals surface area contributed by atoms with E-state index < -0.39 is 72.3 Å². The van der Waals surface area contributed by atoms with E-state index in [1.165, 1.54) is 6.08 Å². The molecule has 2 aliphatic heterocycles.